The number of halogens is 2. The van der Waals surface area contributed by atoms with Crippen molar-refractivity contribution >= 4 is 42.4 Å². The normalized spacial score (nSPS) is 19.4. The third kappa shape index (κ3) is 8.55. The van der Waals surface area contributed by atoms with Crippen LogP contribution in [0.1, 0.15) is 63.0 Å². The minimum absolute atomic E-state index is 0. The summed E-state index contributed by atoms with van der Waals surface area (Å²) < 4.78 is 10.9. The molecule has 2 unspecified atom stereocenters. The van der Waals surface area contributed by atoms with Gasteiger partial charge in [0.2, 0.25) is 5.91 Å². The molecule has 2 aromatic heterocycles. The predicted molar refractivity (Wildman–Crippen MR) is 159 cm³/mol. The van der Waals surface area contributed by atoms with E-state index in [4.69, 9.17) is 14.1 Å². The van der Waals surface area contributed by atoms with Crippen LogP contribution in [-0.2, 0) is 21.5 Å². The van der Waals surface area contributed by atoms with Crippen molar-refractivity contribution in [1.29, 1.82) is 0 Å². The maximum atomic E-state index is 14.1. The molecule has 2 N–H and O–H groups in total. The van der Waals surface area contributed by atoms with E-state index in [1.807, 2.05) is 42.7 Å². The van der Waals surface area contributed by atoms with Crippen molar-refractivity contribution in [1.82, 2.24) is 25.1 Å². The number of anilines is 1. The number of ether oxygens (including phenoxy) is 1. The molecular formula is C28H44Cl2N6O4. The van der Waals surface area contributed by atoms with E-state index in [-0.39, 0.29) is 59.9 Å². The predicted octanol–water partition coefficient (Wildman–Crippen LogP) is 3.76. The fourth-order valence-corrected chi connectivity index (χ4v) is 4.95. The van der Waals surface area contributed by atoms with E-state index in [9.17, 15) is 9.59 Å². The molecule has 0 aromatic carbocycles. The van der Waals surface area contributed by atoms with Gasteiger partial charge in [-0.25, -0.2) is 9.97 Å². The van der Waals surface area contributed by atoms with E-state index < -0.39 is 0 Å². The van der Waals surface area contributed by atoms with Gasteiger partial charge in [0.15, 0.2) is 0 Å². The van der Waals surface area contributed by atoms with Gasteiger partial charge in [-0.05, 0) is 24.5 Å². The first-order valence-corrected chi connectivity index (χ1v) is 13.7. The number of piperidine rings is 1. The lowest BCUT2D eigenvalue weighted by atomic mass is 9.92. The van der Waals surface area contributed by atoms with E-state index in [2.05, 4.69) is 29.5 Å². The van der Waals surface area contributed by atoms with E-state index in [0.717, 1.165) is 5.76 Å². The Morgan fingerprint density at radius 1 is 1.20 bits per heavy atom. The van der Waals surface area contributed by atoms with Crippen LogP contribution in [0.5, 0.6) is 0 Å². The number of hydrogen-bond donors (Lipinski definition) is 2. The molecule has 12 heteroatoms. The number of nitrogens with one attached hydrogen (secondary N) is 2. The first-order chi connectivity index (χ1) is 18.1. The Hall–Kier alpha value is -2.40. The van der Waals surface area contributed by atoms with Gasteiger partial charge in [0.25, 0.3) is 5.91 Å². The van der Waals surface area contributed by atoms with Gasteiger partial charge in [0, 0.05) is 50.4 Å². The Labute approximate surface area is 249 Å². The van der Waals surface area contributed by atoms with E-state index in [1.54, 1.807) is 12.5 Å². The summed E-state index contributed by atoms with van der Waals surface area (Å²) in [5, 5.41) is 6.73. The van der Waals surface area contributed by atoms with Gasteiger partial charge < -0.3 is 29.6 Å². The van der Waals surface area contributed by atoms with Gasteiger partial charge >= 0.3 is 0 Å². The highest BCUT2D eigenvalue weighted by atomic mass is 35.5. The van der Waals surface area contributed by atoms with Gasteiger partial charge in [-0.1, -0.05) is 34.6 Å². The molecular weight excluding hydrogens is 555 g/mol. The highest BCUT2D eigenvalue weighted by molar-refractivity contribution is 5.98. The van der Waals surface area contributed by atoms with E-state index >= 15 is 0 Å². The summed E-state index contributed by atoms with van der Waals surface area (Å²) in [6.07, 6.45) is 3.89. The average molecular weight is 600 g/mol. The molecule has 2 aromatic rings. The molecule has 2 aliphatic rings. The van der Waals surface area contributed by atoms with Crippen LogP contribution in [0.4, 0.5) is 5.82 Å². The lowest BCUT2D eigenvalue weighted by molar-refractivity contribution is -0.140. The maximum Gasteiger partial charge on any atom is 0.259 e. The first-order valence-electron chi connectivity index (χ1n) is 13.7. The van der Waals surface area contributed by atoms with Crippen LogP contribution >= 0.6 is 24.8 Å². The van der Waals surface area contributed by atoms with Crippen LogP contribution in [0.25, 0.3) is 0 Å². The molecule has 40 heavy (non-hydrogen) atoms. The zero-order valence-electron chi connectivity index (χ0n) is 24.1. The lowest BCUT2D eigenvalue weighted by Gasteiger charge is -2.40. The van der Waals surface area contributed by atoms with Crippen molar-refractivity contribution in [3.8, 4) is 0 Å². The molecule has 4 heterocycles. The first kappa shape index (κ1) is 33.8. The van der Waals surface area contributed by atoms with Crippen molar-refractivity contribution in [2.24, 2.45) is 11.8 Å². The summed E-state index contributed by atoms with van der Waals surface area (Å²) in [4.78, 5) is 40.5. The second-order valence-corrected chi connectivity index (χ2v) is 11.7. The summed E-state index contributed by atoms with van der Waals surface area (Å²) in [7, 11) is 0. The molecule has 0 aliphatic carbocycles. The largest absolute Gasteiger partial charge is 0.467 e. The van der Waals surface area contributed by atoms with Gasteiger partial charge in [-0.15, -0.1) is 24.8 Å². The lowest BCUT2D eigenvalue weighted by Crippen LogP contribution is -2.56. The number of carbonyl (C=O) groups excluding carboxylic acids is 2. The van der Waals surface area contributed by atoms with Crippen LogP contribution in [0.2, 0.25) is 0 Å². The summed E-state index contributed by atoms with van der Waals surface area (Å²) in [6.45, 7) is 15.0. The monoisotopic (exact) mass is 598 g/mol. The molecule has 4 rings (SSSR count). The molecule has 0 radical (unpaired) electrons. The van der Waals surface area contributed by atoms with Gasteiger partial charge in [0.1, 0.15) is 23.0 Å². The summed E-state index contributed by atoms with van der Waals surface area (Å²) in [5.41, 5.74) is 0.146. The van der Waals surface area contributed by atoms with Crippen molar-refractivity contribution in [3.63, 3.8) is 0 Å². The van der Waals surface area contributed by atoms with E-state index in [0.29, 0.717) is 76.1 Å². The van der Waals surface area contributed by atoms with Crippen molar-refractivity contribution in [3.05, 3.63) is 41.7 Å². The minimum Gasteiger partial charge on any atom is -0.467 e. The fourth-order valence-electron chi connectivity index (χ4n) is 4.95. The second kappa shape index (κ2) is 15.0. The van der Waals surface area contributed by atoms with Crippen LogP contribution < -0.4 is 10.6 Å². The number of aromatic nitrogens is 2. The average Bonchev–Trinajstić information content (AvgIpc) is 3.43. The molecule has 224 valence electrons. The van der Waals surface area contributed by atoms with Crippen LogP contribution in [0.15, 0.2) is 29.0 Å². The standard InChI is InChI=1S/C28H42N6O4.2ClH/c1-19(2)18-34(21-13-20(14-29-15-21)25(35)33-8-11-37-12-9-33)26(36)23-17-31-27(28(3,4)5)32-24(23)30-16-22-7-6-10-38-22;;/h6-7,10,17,19-21,29H,8-9,11-16,18H2,1-5H3,(H,30,31,32);2*1H. The highest BCUT2D eigenvalue weighted by Crippen LogP contribution is 2.26. The fraction of sp³-hybridized carbons (Fsp3) is 0.643. The number of morpholine rings is 1. The molecule has 0 saturated carbocycles. The van der Waals surface area contributed by atoms with Crippen LogP contribution in [-0.4, -0.2) is 83.6 Å². The number of amides is 2. The molecule has 2 atom stereocenters. The molecule has 2 saturated heterocycles. The smallest absolute Gasteiger partial charge is 0.259 e. The zero-order valence-corrected chi connectivity index (χ0v) is 25.8. The van der Waals surface area contributed by atoms with Crippen molar-refractivity contribution < 1.29 is 18.7 Å². The summed E-state index contributed by atoms with van der Waals surface area (Å²) in [6, 6.07) is 3.59. The number of carbonyl (C=O) groups is 2. The van der Waals surface area contributed by atoms with Gasteiger partial charge in [-0.2, -0.15) is 0 Å². The van der Waals surface area contributed by atoms with E-state index in [1.165, 1.54) is 0 Å². The van der Waals surface area contributed by atoms with Crippen LogP contribution in [0, 0.1) is 11.8 Å². The number of nitrogens with zero attached hydrogens (tertiary/aromatic N) is 4. The zero-order chi connectivity index (χ0) is 27.3. The maximum absolute atomic E-state index is 14.1. The SMILES string of the molecule is CC(C)CN(C(=O)c1cnc(C(C)(C)C)nc1NCc1ccco1)C1CNCC(C(=O)N2CCOCC2)C1.Cl.Cl. The number of rotatable bonds is 8. The molecule has 2 fully saturated rings. The molecule has 2 aliphatic heterocycles. The summed E-state index contributed by atoms with van der Waals surface area (Å²) >= 11 is 0. The molecule has 0 bridgehead atoms. The summed E-state index contributed by atoms with van der Waals surface area (Å²) in [5.74, 6) is 1.98. The topological polar surface area (TPSA) is 113 Å². The number of furan rings is 1. The Bertz CT molecular complexity index is 1090. The Morgan fingerprint density at radius 3 is 2.55 bits per heavy atom. The Morgan fingerprint density at radius 2 is 1.93 bits per heavy atom. The van der Waals surface area contributed by atoms with Gasteiger partial charge in [0.05, 0.1) is 31.9 Å². The van der Waals surface area contributed by atoms with Crippen LogP contribution in [0.3, 0.4) is 0 Å². The number of hydrogen-bond acceptors (Lipinski definition) is 8. The van der Waals surface area contributed by atoms with Crippen molar-refractivity contribution in [2.45, 2.75) is 59.0 Å². The minimum atomic E-state index is -0.277. The highest BCUT2D eigenvalue weighted by Gasteiger charge is 2.36. The quantitative estimate of drug-likeness (QED) is 0.472. The Balaban J connectivity index is 0.00000280. The Kier molecular flexibility index (Phi) is 12.7. The molecule has 2 amide bonds. The third-order valence-electron chi connectivity index (χ3n) is 6.96. The third-order valence-corrected chi connectivity index (χ3v) is 6.96. The van der Waals surface area contributed by atoms with Crippen molar-refractivity contribution in [2.75, 3.05) is 51.3 Å². The molecule has 10 nitrogen and oxygen atoms in total. The molecule has 0 spiro atoms. The van der Waals surface area contributed by atoms with Gasteiger partial charge in [-0.3, -0.25) is 9.59 Å². The second-order valence-electron chi connectivity index (χ2n) is 11.7.